The number of nitrogens with two attached hydrogens (primary N) is 1. The van der Waals surface area contributed by atoms with Gasteiger partial charge in [-0.25, -0.2) is 0 Å². The molecule has 98 valence electrons. The average Bonchev–Trinajstić information content (AvgIpc) is 3.25. The molecule has 0 bridgehead atoms. The van der Waals surface area contributed by atoms with Gasteiger partial charge in [0.2, 0.25) is 0 Å². The molecule has 3 rings (SSSR count). The summed E-state index contributed by atoms with van der Waals surface area (Å²) in [4.78, 5) is 7.29. The molecule has 1 aliphatic heterocycles. The zero-order valence-corrected chi connectivity index (χ0v) is 11.0. The fraction of sp³-hybridized carbons (Fsp3) is 0.667. The Bertz CT molecular complexity index is 375. The fourth-order valence-electron chi connectivity index (χ4n) is 3.29. The number of aromatic nitrogens is 1. The highest BCUT2D eigenvalue weighted by atomic mass is 15.2. The number of hydrogen-bond donors (Lipinski definition) is 1. The van der Waals surface area contributed by atoms with Crippen molar-refractivity contribution in [3.8, 4) is 0 Å². The van der Waals surface area contributed by atoms with Gasteiger partial charge in [0.15, 0.2) is 0 Å². The summed E-state index contributed by atoms with van der Waals surface area (Å²) < 4.78 is 0. The van der Waals surface area contributed by atoms with Crippen molar-refractivity contribution in [2.24, 2.45) is 11.7 Å². The molecule has 1 aliphatic carbocycles. The summed E-state index contributed by atoms with van der Waals surface area (Å²) >= 11 is 0. The molecule has 2 aliphatic rings. The molecule has 2 fully saturated rings. The molecule has 3 nitrogen and oxygen atoms in total. The third-order valence-corrected chi connectivity index (χ3v) is 4.35. The normalized spacial score (nSPS) is 30.1. The number of rotatable bonds is 3. The Morgan fingerprint density at radius 3 is 2.78 bits per heavy atom. The van der Waals surface area contributed by atoms with Crippen LogP contribution in [0.3, 0.4) is 0 Å². The quantitative estimate of drug-likeness (QED) is 0.889. The van der Waals surface area contributed by atoms with Crippen LogP contribution in [0, 0.1) is 5.92 Å². The van der Waals surface area contributed by atoms with Crippen molar-refractivity contribution in [2.45, 2.75) is 44.2 Å². The van der Waals surface area contributed by atoms with Gasteiger partial charge in [-0.15, -0.1) is 0 Å². The first-order chi connectivity index (χ1) is 8.90. The molecule has 1 saturated carbocycles. The summed E-state index contributed by atoms with van der Waals surface area (Å²) in [5.74, 6) is 0.572. The van der Waals surface area contributed by atoms with Crippen molar-refractivity contribution < 1.29 is 0 Å². The van der Waals surface area contributed by atoms with E-state index in [-0.39, 0.29) is 0 Å². The van der Waals surface area contributed by atoms with Crippen molar-refractivity contribution in [3.05, 3.63) is 30.1 Å². The number of nitrogens with zero attached hydrogens (tertiary/aromatic N) is 2. The zero-order valence-electron chi connectivity index (χ0n) is 11.0. The van der Waals surface area contributed by atoms with Gasteiger partial charge >= 0.3 is 0 Å². The van der Waals surface area contributed by atoms with Crippen LogP contribution in [0.4, 0.5) is 0 Å². The second kappa shape index (κ2) is 5.37. The third-order valence-electron chi connectivity index (χ3n) is 4.35. The molecule has 1 aromatic heterocycles. The molecule has 2 unspecified atom stereocenters. The van der Waals surface area contributed by atoms with E-state index in [1.807, 2.05) is 12.3 Å². The SMILES string of the molecule is NCC1CCCCN(C2CC2)C1c1ccccn1. The predicted octanol–water partition coefficient (Wildman–Crippen LogP) is 2.35. The summed E-state index contributed by atoms with van der Waals surface area (Å²) in [5, 5.41) is 0. The smallest absolute Gasteiger partial charge is 0.0578 e. The van der Waals surface area contributed by atoms with Crippen LogP contribution in [-0.4, -0.2) is 29.0 Å². The Balaban J connectivity index is 1.91. The van der Waals surface area contributed by atoms with Crippen LogP contribution in [-0.2, 0) is 0 Å². The van der Waals surface area contributed by atoms with E-state index in [4.69, 9.17) is 5.73 Å². The molecule has 0 spiro atoms. The molecule has 0 aromatic carbocycles. The Morgan fingerprint density at radius 1 is 1.22 bits per heavy atom. The number of likely N-dealkylation sites (tertiary alicyclic amines) is 1. The number of hydrogen-bond acceptors (Lipinski definition) is 3. The fourth-order valence-corrected chi connectivity index (χ4v) is 3.29. The molecular formula is C15H23N3. The van der Waals surface area contributed by atoms with Crippen LogP contribution in [0.25, 0.3) is 0 Å². The molecule has 0 amide bonds. The van der Waals surface area contributed by atoms with Crippen molar-refractivity contribution in [1.82, 2.24) is 9.88 Å². The predicted molar refractivity (Wildman–Crippen MR) is 73.1 cm³/mol. The first-order valence-electron chi connectivity index (χ1n) is 7.27. The monoisotopic (exact) mass is 245 g/mol. The van der Waals surface area contributed by atoms with Crippen LogP contribution in [0.15, 0.2) is 24.4 Å². The molecule has 0 radical (unpaired) electrons. The highest BCUT2D eigenvalue weighted by Gasteiger charge is 2.39. The summed E-state index contributed by atoms with van der Waals surface area (Å²) in [5.41, 5.74) is 7.25. The minimum absolute atomic E-state index is 0.450. The summed E-state index contributed by atoms with van der Waals surface area (Å²) in [7, 11) is 0. The van der Waals surface area contributed by atoms with Gasteiger partial charge in [0.25, 0.3) is 0 Å². The maximum atomic E-state index is 6.03. The van der Waals surface area contributed by atoms with E-state index >= 15 is 0 Å². The summed E-state index contributed by atoms with van der Waals surface area (Å²) in [6.45, 7) is 2.01. The van der Waals surface area contributed by atoms with Gasteiger partial charge in [0.05, 0.1) is 11.7 Å². The Hall–Kier alpha value is -0.930. The van der Waals surface area contributed by atoms with E-state index in [1.165, 1.54) is 44.3 Å². The minimum atomic E-state index is 0.450. The lowest BCUT2D eigenvalue weighted by molar-refractivity contribution is 0.145. The van der Waals surface area contributed by atoms with E-state index < -0.39 is 0 Å². The van der Waals surface area contributed by atoms with E-state index in [9.17, 15) is 0 Å². The summed E-state index contributed by atoms with van der Waals surface area (Å²) in [6.07, 6.45) is 8.52. The van der Waals surface area contributed by atoms with Crippen LogP contribution >= 0.6 is 0 Å². The van der Waals surface area contributed by atoms with Crippen LogP contribution in [0.2, 0.25) is 0 Å². The van der Waals surface area contributed by atoms with E-state index in [2.05, 4.69) is 22.0 Å². The topological polar surface area (TPSA) is 42.1 Å². The van der Waals surface area contributed by atoms with Crippen molar-refractivity contribution in [2.75, 3.05) is 13.1 Å². The van der Waals surface area contributed by atoms with E-state index in [1.54, 1.807) is 0 Å². The largest absolute Gasteiger partial charge is 0.330 e. The van der Waals surface area contributed by atoms with Crippen LogP contribution < -0.4 is 5.73 Å². The third kappa shape index (κ3) is 2.43. The zero-order chi connectivity index (χ0) is 12.4. The highest BCUT2D eigenvalue weighted by Crippen LogP contribution is 2.40. The van der Waals surface area contributed by atoms with Crippen molar-refractivity contribution in [3.63, 3.8) is 0 Å². The molecule has 1 saturated heterocycles. The number of pyridine rings is 1. The van der Waals surface area contributed by atoms with Crippen LogP contribution in [0.1, 0.15) is 43.8 Å². The Morgan fingerprint density at radius 2 is 2.11 bits per heavy atom. The van der Waals surface area contributed by atoms with Gasteiger partial charge in [-0.2, -0.15) is 0 Å². The summed E-state index contributed by atoms with van der Waals surface area (Å²) in [6, 6.07) is 7.52. The van der Waals surface area contributed by atoms with Gasteiger partial charge in [-0.1, -0.05) is 12.5 Å². The first kappa shape index (κ1) is 12.1. The second-order valence-electron chi connectivity index (χ2n) is 5.66. The highest BCUT2D eigenvalue weighted by molar-refractivity contribution is 5.12. The van der Waals surface area contributed by atoms with Crippen molar-refractivity contribution >= 4 is 0 Å². The molecular weight excluding hydrogens is 222 g/mol. The Kier molecular flexibility index (Phi) is 3.62. The lowest BCUT2D eigenvalue weighted by Crippen LogP contribution is -2.37. The molecule has 1 aromatic rings. The van der Waals surface area contributed by atoms with Gasteiger partial charge in [-0.05, 0) is 56.8 Å². The molecule has 3 heteroatoms. The molecule has 2 heterocycles. The van der Waals surface area contributed by atoms with Crippen LogP contribution in [0.5, 0.6) is 0 Å². The lowest BCUT2D eigenvalue weighted by atomic mass is 9.92. The van der Waals surface area contributed by atoms with Gasteiger partial charge < -0.3 is 5.73 Å². The first-order valence-corrected chi connectivity index (χ1v) is 7.27. The average molecular weight is 245 g/mol. The molecule has 2 N–H and O–H groups in total. The lowest BCUT2D eigenvalue weighted by Gasteiger charge is -2.34. The standard InChI is InChI=1S/C15H23N3/c16-11-12-5-2-4-10-18(13-7-8-13)15(12)14-6-1-3-9-17-14/h1,3,6,9,12-13,15H,2,4-5,7-8,10-11,16H2. The van der Waals surface area contributed by atoms with Crippen molar-refractivity contribution in [1.29, 1.82) is 0 Å². The van der Waals surface area contributed by atoms with Gasteiger partial charge in [0, 0.05) is 12.2 Å². The molecule has 2 atom stereocenters. The minimum Gasteiger partial charge on any atom is -0.330 e. The van der Waals surface area contributed by atoms with Gasteiger partial charge in [-0.3, -0.25) is 9.88 Å². The van der Waals surface area contributed by atoms with E-state index in [0.717, 1.165) is 12.6 Å². The molecule has 18 heavy (non-hydrogen) atoms. The maximum Gasteiger partial charge on any atom is 0.0578 e. The Labute approximate surface area is 109 Å². The second-order valence-corrected chi connectivity index (χ2v) is 5.66. The van der Waals surface area contributed by atoms with E-state index in [0.29, 0.717) is 12.0 Å². The maximum absolute atomic E-state index is 6.03. The van der Waals surface area contributed by atoms with Gasteiger partial charge in [0.1, 0.15) is 0 Å².